The Bertz CT molecular complexity index is 717. The summed E-state index contributed by atoms with van der Waals surface area (Å²) in [5.41, 5.74) is 2.08. The van der Waals surface area contributed by atoms with Gasteiger partial charge in [-0.25, -0.2) is 9.78 Å². The molecule has 0 fully saturated rings. The number of methoxy groups -OCH3 is 1. The summed E-state index contributed by atoms with van der Waals surface area (Å²) >= 11 is 0. The Kier molecular flexibility index (Phi) is 5.18. The number of aromatic nitrogens is 1. The third-order valence-electron chi connectivity index (χ3n) is 3.08. The van der Waals surface area contributed by atoms with E-state index in [9.17, 15) is 9.59 Å². The van der Waals surface area contributed by atoms with Gasteiger partial charge in [0.2, 0.25) is 0 Å². The van der Waals surface area contributed by atoms with E-state index in [1.54, 1.807) is 42.6 Å². The molecule has 2 N–H and O–H groups in total. The summed E-state index contributed by atoms with van der Waals surface area (Å²) in [6.07, 6.45) is 1.59. The molecule has 1 aromatic carbocycles. The van der Waals surface area contributed by atoms with Crippen LogP contribution in [0.5, 0.6) is 0 Å². The molecule has 1 heterocycles. The molecular weight excluding hydrogens is 306 g/mol. The van der Waals surface area contributed by atoms with Gasteiger partial charge in [0, 0.05) is 11.2 Å². The number of nitrogens with one attached hydrogen (secondary N) is 2. The second-order valence-corrected chi connectivity index (χ2v) is 6.33. The molecule has 0 saturated heterocycles. The zero-order valence-electron chi connectivity index (χ0n) is 14.2. The number of benzene rings is 1. The Labute approximate surface area is 141 Å². The van der Waals surface area contributed by atoms with Crippen molar-refractivity contribution in [1.82, 2.24) is 10.3 Å². The first kappa shape index (κ1) is 17.5. The van der Waals surface area contributed by atoms with Gasteiger partial charge in [0.05, 0.1) is 24.6 Å². The number of hydrogen-bond acceptors (Lipinski definition) is 5. The zero-order valence-corrected chi connectivity index (χ0v) is 14.2. The maximum absolute atomic E-state index is 12.0. The lowest BCUT2D eigenvalue weighted by Crippen LogP contribution is -2.40. The van der Waals surface area contributed by atoms with Crippen molar-refractivity contribution in [2.24, 2.45) is 0 Å². The number of carbonyl (C=O) groups excluding carboxylic acids is 2. The van der Waals surface area contributed by atoms with Crippen molar-refractivity contribution in [2.75, 3.05) is 12.4 Å². The SMILES string of the molecule is COC(=O)c1ccc(Nc2ccc(C(=O)NC(C)(C)C)nc2)cc1. The number of carbonyl (C=O) groups is 2. The van der Waals surface area contributed by atoms with Crippen molar-refractivity contribution < 1.29 is 14.3 Å². The largest absolute Gasteiger partial charge is 0.465 e. The topological polar surface area (TPSA) is 80.3 Å². The van der Waals surface area contributed by atoms with Gasteiger partial charge in [-0.2, -0.15) is 0 Å². The lowest BCUT2D eigenvalue weighted by atomic mass is 10.1. The molecular formula is C18H21N3O3. The lowest BCUT2D eigenvalue weighted by molar-refractivity contribution is 0.0600. The van der Waals surface area contributed by atoms with E-state index in [1.165, 1.54) is 7.11 Å². The van der Waals surface area contributed by atoms with Crippen molar-refractivity contribution in [2.45, 2.75) is 26.3 Å². The van der Waals surface area contributed by atoms with Crippen molar-refractivity contribution >= 4 is 23.3 Å². The van der Waals surface area contributed by atoms with Crippen LogP contribution in [0, 0.1) is 0 Å². The number of esters is 1. The van der Waals surface area contributed by atoms with Crippen LogP contribution in [0.25, 0.3) is 0 Å². The van der Waals surface area contributed by atoms with Gasteiger partial charge in [-0.3, -0.25) is 4.79 Å². The summed E-state index contributed by atoms with van der Waals surface area (Å²) in [4.78, 5) is 27.6. The molecule has 6 heteroatoms. The number of pyridine rings is 1. The second-order valence-electron chi connectivity index (χ2n) is 6.33. The highest BCUT2D eigenvalue weighted by molar-refractivity contribution is 5.93. The molecule has 2 rings (SSSR count). The number of nitrogens with zero attached hydrogens (tertiary/aromatic N) is 1. The summed E-state index contributed by atoms with van der Waals surface area (Å²) in [5, 5.41) is 6.02. The summed E-state index contributed by atoms with van der Waals surface area (Å²) in [6.45, 7) is 5.75. The van der Waals surface area contributed by atoms with Crippen LogP contribution >= 0.6 is 0 Å². The number of rotatable bonds is 4. The van der Waals surface area contributed by atoms with Crippen LogP contribution in [0.3, 0.4) is 0 Å². The predicted molar refractivity (Wildman–Crippen MR) is 92.5 cm³/mol. The molecule has 6 nitrogen and oxygen atoms in total. The van der Waals surface area contributed by atoms with Crippen LogP contribution in [0.2, 0.25) is 0 Å². The van der Waals surface area contributed by atoms with Crippen LogP contribution in [0.15, 0.2) is 42.6 Å². The fourth-order valence-corrected chi connectivity index (χ4v) is 1.98. The molecule has 1 aromatic heterocycles. The van der Waals surface area contributed by atoms with Crippen LogP contribution < -0.4 is 10.6 Å². The van der Waals surface area contributed by atoms with Gasteiger partial charge in [0.1, 0.15) is 5.69 Å². The van der Waals surface area contributed by atoms with E-state index >= 15 is 0 Å². The fourth-order valence-electron chi connectivity index (χ4n) is 1.98. The van der Waals surface area contributed by atoms with Gasteiger partial charge in [-0.1, -0.05) is 0 Å². The quantitative estimate of drug-likeness (QED) is 0.843. The Balaban J connectivity index is 2.04. The van der Waals surface area contributed by atoms with E-state index in [1.807, 2.05) is 20.8 Å². The molecule has 1 amide bonds. The molecule has 0 aliphatic heterocycles. The zero-order chi connectivity index (χ0) is 17.7. The Morgan fingerprint density at radius 3 is 2.12 bits per heavy atom. The van der Waals surface area contributed by atoms with E-state index in [2.05, 4.69) is 20.4 Å². The highest BCUT2D eigenvalue weighted by atomic mass is 16.5. The van der Waals surface area contributed by atoms with Gasteiger partial charge in [0.15, 0.2) is 0 Å². The smallest absolute Gasteiger partial charge is 0.337 e. The van der Waals surface area contributed by atoms with E-state index in [0.717, 1.165) is 11.4 Å². The fraction of sp³-hybridized carbons (Fsp3) is 0.278. The number of anilines is 2. The molecule has 0 radical (unpaired) electrons. The van der Waals surface area contributed by atoms with E-state index in [-0.39, 0.29) is 17.4 Å². The predicted octanol–water partition coefficient (Wildman–Crippen LogP) is 3.14. The van der Waals surface area contributed by atoms with Crippen molar-refractivity contribution in [3.63, 3.8) is 0 Å². The minimum Gasteiger partial charge on any atom is -0.465 e. The Morgan fingerprint density at radius 2 is 1.62 bits per heavy atom. The molecule has 0 aliphatic rings. The molecule has 0 atom stereocenters. The minimum atomic E-state index is -0.377. The first-order valence-corrected chi connectivity index (χ1v) is 7.52. The highest BCUT2D eigenvalue weighted by Crippen LogP contribution is 2.17. The number of amides is 1. The lowest BCUT2D eigenvalue weighted by Gasteiger charge is -2.20. The average molecular weight is 327 g/mol. The Morgan fingerprint density at radius 1 is 1.00 bits per heavy atom. The first-order valence-electron chi connectivity index (χ1n) is 7.52. The van der Waals surface area contributed by atoms with E-state index in [4.69, 9.17) is 0 Å². The Hall–Kier alpha value is -2.89. The van der Waals surface area contributed by atoms with Crippen molar-refractivity contribution in [3.05, 3.63) is 53.9 Å². The minimum absolute atomic E-state index is 0.212. The third-order valence-corrected chi connectivity index (χ3v) is 3.08. The summed E-state index contributed by atoms with van der Waals surface area (Å²) in [7, 11) is 1.34. The summed E-state index contributed by atoms with van der Waals surface area (Å²) in [5.74, 6) is -0.589. The van der Waals surface area contributed by atoms with E-state index in [0.29, 0.717) is 11.3 Å². The van der Waals surface area contributed by atoms with Gasteiger partial charge in [0.25, 0.3) is 5.91 Å². The maximum Gasteiger partial charge on any atom is 0.337 e. The van der Waals surface area contributed by atoms with E-state index < -0.39 is 0 Å². The molecule has 0 aliphatic carbocycles. The molecule has 0 bridgehead atoms. The second kappa shape index (κ2) is 7.12. The molecule has 0 saturated carbocycles. The molecule has 0 unspecified atom stereocenters. The normalized spacial score (nSPS) is 10.8. The first-order chi connectivity index (χ1) is 11.3. The van der Waals surface area contributed by atoms with Gasteiger partial charge >= 0.3 is 5.97 Å². The maximum atomic E-state index is 12.0. The monoisotopic (exact) mass is 327 g/mol. The number of ether oxygens (including phenoxy) is 1. The summed E-state index contributed by atoms with van der Waals surface area (Å²) in [6, 6.07) is 10.3. The summed E-state index contributed by atoms with van der Waals surface area (Å²) < 4.78 is 4.66. The van der Waals surface area contributed by atoms with Gasteiger partial charge < -0.3 is 15.4 Å². The van der Waals surface area contributed by atoms with Crippen LogP contribution in [0.1, 0.15) is 41.6 Å². The number of hydrogen-bond donors (Lipinski definition) is 2. The highest BCUT2D eigenvalue weighted by Gasteiger charge is 2.16. The van der Waals surface area contributed by atoms with Crippen LogP contribution in [0.4, 0.5) is 11.4 Å². The molecule has 0 spiro atoms. The van der Waals surface area contributed by atoms with Crippen molar-refractivity contribution in [3.8, 4) is 0 Å². The van der Waals surface area contributed by atoms with Crippen LogP contribution in [-0.4, -0.2) is 29.5 Å². The van der Waals surface area contributed by atoms with Gasteiger partial charge in [-0.05, 0) is 57.2 Å². The molecule has 24 heavy (non-hydrogen) atoms. The standard InChI is InChI=1S/C18H21N3O3/c1-18(2,3)21-16(22)15-10-9-14(11-19-15)20-13-7-5-12(6-8-13)17(23)24-4/h5-11,20H,1-4H3,(H,21,22). The average Bonchev–Trinajstić information content (AvgIpc) is 2.54. The van der Waals surface area contributed by atoms with Crippen LogP contribution in [-0.2, 0) is 4.74 Å². The third kappa shape index (κ3) is 4.81. The molecule has 126 valence electrons. The molecule has 2 aromatic rings. The van der Waals surface area contributed by atoms with Gasteiger partial charge in [-0.15, -0.1) is 0 Å². The van der Waals surface area contributed by atoms with Crippen molar-refractivity contribution in [1.29, 1.82) is 0 Å².